The second-order valence-electron chi connectivity index (χ2n) is 4.36. The van der Waals surface area contributed by atoms with E-state index < -0.39 is 0 Å². The van der Waals surface area contributed by atoms with E-state index in [1.807, 2.05) is 26.3 Å². The van der Waals surface area contributed by atoms with Gasteiger partial charge in [0.15, 0.2) is 5.82 Å². The number of hydrogen-bond acceptors (Lipinski definition) is 4. The molecule has 1 aromatic heterocycles. The first-order chi connectivity index (χ1) is 8.58. The number of rotatable bonds is 6. The van der Waals surface area contributed by atoms with Crippen molar-refractivity contribution in [2.75, 3.05) is 12.4 Å². The van der Waals surface area contributed by atoms with Gasteiger partial charge in [-0.2, -0.15) is 0 Å². The number of Topliss-reactive ketones (excluding diaryl/α,β-unsaturated/α-hetero) is 1. The van der Waals surface area contributed by atoms with Gasteiger partial charge in [0.1, 0.15) is 11.5 Å². The van der Waals surface area contributed by atoms with Crippen molar-refractivity contribution in [1.29, 1.82) is 0 Å². The maximum absolute atomic E-state index is 11.1. The molecule has 0 bridgehead atoms. The molecule has 0 spiro atoms. The van der Waals surface area contributed by atoms with E-state index in [-0.39, 0.29) is 5.78 Å². The van der Waals surface area contributed by atoms with Crippen LogP contribution in [0.3, 0.4) is 0 Å². The lowest BCUT2D eigenvalue weighted by molar-refractivity contribution is -0.116. The fourth-order valence-corrected chi connectivity index (χ4v) is 1.70. The number of nitrogens with zero attached hydrogens (tertiary/aromatic N) is 2. The van der Waals surface area contributed by atoms with Gasteiger partial charge in [-0.15, -0.1) is 0 Å². The first-order valence-corrected chi connectivity index (χ1v) is 6.28. The molecule has 0 aliphatic rings. The second kappa shape index (κ2) is 6.89. The molecule has 1 N–H and O–H groups in total. The fourth-order valence-electron chi connectivity index (χ4n) is 1.70. The standard InChI is InChI=1S/C14H21N3O/c1-5-6-7-16-13-10(2)8-12(9-11(3)18)17-14(13)15-4/h7-8H,5-6,9H2,1-4H3,(H,15,17). The topological polar surface area (TPSA) is 54.4 Å². The number of hydrogen-bond donors (Lipinski definition) is 1. The Morgan fingerprint density at radius 3 is 2.83 bits per heavy atom. The van der Waals surface area contributed by atoms with Crippen molar-refractivity contribution in [3.8, 4) is 0 Å². The van der Waals surface area contributed by atoms with Crippen LogP contribution in [0.4, 0.5) is 11.5 Å². The Labute approximate surface area is 109 Å². The number of nitrogens with one attached hydrogen (secondary N) is 1. The number of aromatic nitrogens is 1. The average molecular weight is 247 g/mol. The number of anilines is 1. The van der Waals surface area contributed by atoms with E-state index in [0.29, 0.717) is 6.42 Å². The molecule has 0 saturated heterocycles. The van der Waals surface area contributed by atoms with Gasteiger partial charge >= 0.3 is 0 Å². The zero-order valence-electron chi connectivity index (χ0n) is 11.6. The van der Waals surface area contributed by atoms with Crippen molar-refractivity contribution in [1.82, 2.24) is 4.98 Å². The fraction of sp³-hybridized carbons (Fsp3) is 0.500. The van der Waals surface area contributed by atoms with Crippen LogP contribution in [0.15, 0.2) is 11.1 Å². The van der Waals surface area contributed by atoms with E-state index in [9.17, 15) is 4.79 Å². The van der Waals surface area contributed by atoms with Gasteiger partial charge in [0.25, 0.3) is 0 Å². The van der Waals surface area contributed by atoms with Gasteiger partial charge < -0.3 is 5.32 Å². The molecule has 0 amide bonds. The molecule has 4 heteroatoms. The Morgan fingerprint density at radius 2 is 2.28 bits per heavy atom. The number of unbranched alkanes of at least 4 members (excludes halogenated alkanes) is 1. The molecule has 0 unspecified atom stereocenters. The molecular formula is C14H21N3O. The molecule has 0 saturated carbocycles. The number of carbonyl (C=O) groups excluding carboxylic acids is 1. The monoisotopic (exact) mass is 247 g/mol. The summed E-state index contributed by atoms with van der Waals surface area (Å²) in [6.07, 6.45) is 4.31. The number of carbonyl (C=O) groups is 1. The maximum atomic E-state index is 11.1. The molecule has 0 fully saturated rings. The normalized spacial score (nSPS) is 10.9. The van der Waals surface area contributed by atoms with Crippen LogP contribution in [0.5, 0.6) is 0 Å². The van der Waals surface area contributed by atoms with Gasteiger partial charge in [0.2, 0.25) is 0 Å². The van der Waals surface area contributed by atoms with Crippen LogP contribution in [0.25, 0.3) is 0 Å². The van der Waals surface area contributed by atoms with E-state index >= 15 is 0 Å². The summed E-state index contributed by atoms with van der Waals surface area (Å²) in [5.74, 6) is 0.852. The predicted molar refractivity (Wildman–Crippen MR) is 76.0 cm³/mol. The van der Waals surface area contributed by atoms with Crippen LogP contribution < -0.4 is 5.32 Å². The van der Waals surface area contributed by atoms with E-state index in [1.165, 1.54) is 0 Å². The molecule has 4 nitrogen and oxygen atoms in total. The van der Waals surface area contributed by atoms with Crippen molar-refractivity contribution < 1.29 is 4.79 Å². The summed E-state index contributed by atoms with van der Waals surface area (Å²) in [5.41, 5.74) is 2.69. The molecule has 1 aromatic rings. The minimum absolute atomic E-state index is 0.117. The quantitative estimate of drug-likeness (QED) is 0.786. The third-order valence-corrected chi connectivity index (χ3v) is 2.54. The van der Waals surface area contributed by atoms with Gasteiger partial charge in [0, 0.05) is 19.7 Å². The smallest absolute Gasteiger partial charge is 0.152 e. The summed E-state index contributed by atoms with van der Waals surface area (Å²) >= 11 is 0. The zero-order valence-corrected chi connectivity index (χ0v) is 11.6. The van der Waals surface area contributed by atoms with Crippen molar-refractivity contribution in [2.45, 2.75) is 40.0 Å². The van der Waals surface area contributed by atoms with Gasteiger partial charge in [-0.05, 0) is 31.9 Å². The molecule has 0 aromatic carbocycles. The Kier molecular flexibility index (Phi) is 5.49. The highest BCUT2D eigenvalue weighted by Gasteiger charge is 2.09. The minimum atomic E-state index is 0.117. The largest absolute Gasteiger partial charge is 0.371 e. The van der Waals surface area contributed by atoms with Gasteiger partial charge in [-0.25, -0.2) is 4.98 Å². The number of aryl methyl sites for hydroxylation is 1. The van der Waals surface area contributed by atoms with Crippen LogP contribution in [-0.2, 0) is 11.2 Å². The van der Waals surface area contributed by atoms with Gasteiger partial charge in [-0.1, -0.05) is 13.3 Å². The molecule has 98 valence electrons. The highest BCUT2D eigenvalue weighted by atomic mass is 16.1. The Balaban J connectivity index is 3.07. The third kappa shape index (κ3) is 3.95. The molecule has 0 aliphatic heterocycles. The van der Waals surface area contributed by atoms with Crippen molar-refractivity contribution in [3.63, 3.8) is 0 Å². The Bertz CT molecular complexity index is 453. The number of ketones is 1. The second-order valence-corrected chi connectivity index (χ2v) is 4.36. The van der Waals surface area contributed by atoms with E-state index in [0.717, 1.165) is 35.6 Å². The van der Waals surface area contributed by atoms with E-state index in [1.54, 1.807) is 6.92 Å². The lowest BCUT2D eigenvalue weighted by Gasteiger charge is -2.09. The van der Waals surface area contributed by atoms with E-state index in [4.69, 9.17) is 0 Å². The van der Waals surface area contributed by atoms with Crippen molar-refractivity contribution >= 4 is 23.5 Å². The highest BCUT2D eigenvalue weighted by Crippen LogP contribution is 2.27. The highest BCUT2D eigenvalue weighted by molar-refractivity contribution is 5.79. The Morgan fingerprint density at radius 1 is 1.56 bits per heavy atom. The Hall–Kier alpha value is -1.71. The molecule has 0 aliphatic carbocycles. The number of aliphatic imine (C=N–C) groups is 1. The van der Waals surface area contributed by atoms with Crippen LogP contribution in [0.1, 0.15) is 37.9 Å². The first-order valence-electron chi connectivity index (χ1n) is 6.28. The molecule has 1 heterocycles. The van der Waals surface area contributed by atoms with Crippen LogP contribution in [0.2, 0.25) is 0 Å². The van der Waals surface area contributed by atoms with Crippen LogP contribution in [0, 0.1) is 6.92 Å². The summed E-state index contributed by atoms with van der Waals surface area (Å²) in [7, 11) is 1.82. The summed E-state index contributed by atoms with van der Waals surface area (Å²) < 4.78 is 0. The molecule has 0 atom stereocenters. The van der Waals surface area contributed by atoms with Gasteiger partial charge in [0.05, 0.1) is 5.69 Å². The molecule has 18 heavy (non-hydrogen) atoms. The van der Waals surface area contributed by atoms with Crippen LogP contribution in [-0.4, -0.2) is 24.0 Å². The van der Waals surface area contributed by atoms with Crippen LogP contribution >= 0.6 is 0 Å². The third-order valence-electron chi connectivity index (χ3n) is 2.54. The van der Waals surface area contributed by atoms with Crippen molar-refractivity contribution in [2.24, 2.45) is 4.99 Å². The molecule has 0 radical (unpaired) electrons. The SMILES string of the molecule is CCCC=Nc1c(C)cc(CC(C)=O)nc1NC. The van der Waals surface area contributed by atoms with Crippen molar-refractivity contribution in [3.05, 3.63) is 17.3 Å². The molecular weight excluding hydrogens is 226 g/mol. The average Bonchev–Trinajstić information content (AvgIpc) is 2.30. The summed E-state index contributed by atoms with van der Waals surface area (Å²) in [5, 5.41) is 3.04. The first kappa shape index (κ1) is 14.4. The summed E-state index contributed by atoms with van der Waals surface area (Å²) in [4.78, 5) is 20.0. The summed E-state index contributed by atoms with van der Waals surface area (Å²) in [6.45, 7) is 5.68. The minimum Gasteiger partial charge on any atom is -0.371 e. The van der Waals surface area contributed by atoms with Gasteiger partial charge in [-0.3, -0.25) is 9.79 Å². The lowest BCUT2D eigenvalue weighted by atomic mass is 10.1. The zero-order chi connectivity index (χ0) is 13.5. The lowest BCUT2D eigenvalue weighted by Crippen LogP contribution is -2.03. The predicted octanol–water partition coefficient (Wildman–Crippen LogP) is 3.07. The number of pyridine rings is 1. The molecule has 1 rings (SSSR count). The summed E-state index contributed by atoms with van der Waals surface area (Å²) in [6, 6.07) is 1.93. The maximum Gasteiger partial charge on any atom is 0.152 e. The van der Waals surface area contributed by atoms with E-state index in [2.05, 4.69) is 22.2 Å².